The Morgan fingerprint density at radius 2 is 1.77 bits per heavy atom. The zero-order valence-electron chi connectivity index (χ0n) is 16.2. The first kappa shape index (κ1) is 21.7. The van der Waals surface area contributed by atoms with Crippen LogP contribution >= 0.6 is 23.2 Å². The van der Waals surface area contributed by atoms with E-state index < -0.39 is 4.92 Å². The van der Waals surface area contributed by atoms with Crippen molar-refractivity contribution in [2.45, 2.75) is 20.1 Å². The van der Waals surface area contributed by atoms with Gasteiger partial charge in [0.05, 0.1) is 16.6 Å². The Balaban J connectivity index is 1.74. The molecular formula is C22H20Cl2N2O4. The summed E-state index contributed by atoms with van der Waals surface area (Å²) in [4.78, 5) is 10.5. The molecule has 3 rings (SSSR count). The van der Waals surface area contributed by atoms with Gasteiger partial charge in [0.15, 0.2) is 11.5 Å². The molecule has 0 radical (unpaired) electrons. The van der Waals surface area contributed by atoms with E-state index in [1.807, 2.05) is 25.1 Å². The van der Waals surface area contributed by atoms with Crippen molar-refractivity contribution in [2.75, 3.05) is 11.9 Å². The molecular weight excluding hydrogens is 427 g/mol. The van der Waals surface area contributed by atoms with Gasteiger partial charge in [0.1, 0.15) is 6.61 Å². The van der Waals surface area contributed by atoms with Crippen LogP contribution < -0.4 is 14.8 Å². The van der Waals surface area contributed by atoms with Crippen molar-refractivity contribution in [1.82, 2.24) is 0 Å². The normalized spacial score (nSPS) is 10.5. The summed E-state index contributed by atoms with van der Waals surface area (Å²) >= 11 is 12.4. The van der Waals surface area contributed by atoms with E-state index in [1.54, 1.807) is 30.3 Å². The first-order valence-electron chi connectivity index (χ1n) is 9.27. The van der Waals surface area contributed by atoms with Gasteiger partial charge in [0.25, 0.3) is 5.69 Å². The highest BCUT2D eigenvalue weighted by atomic mass is 35.5. The van der Waals surface area contributed by atoms with Crippen LogP contribution in [-0.4, -0.2) is 11.5 Å². The Hall–Kier alpha value is -2.96. The lowest BCUT2D eigenvalue weighted by Gasteiger charge is -2.16. The van der Waals surface area contributed by atoms with Crippen molar-refractivity contribution >= 4 is 34.6 Å². The van der Waals surface area contributed by atoms with Crippen LogP contribution in [0.15, 0.2) is 60.7 Å². The second kappa shape index (κ2) is 10.2. The molecule has 8 heteroatoms. The van der Waals surface area contributed by atoms with Crippen LogP contribution in [0.1, 0.15) is 18.1 Å². The van der Waals surface area contributed by atoms with Crippen molar-refractivity contribution in [3.63, 3.8) is 0 Å². The molecule has 0 heterocycles. The Labute approximate surface area is 184 Å². The number of hydrogen-bond acceptors (Lipinski definition) is 5. The summed E-state index contributed by atoms with van der Waals surface area (Å²) in [7, 11) is 0. The van der Waals surface area contributed by atoms with Crippen molar-refractivity contribution in [2.24, 2.45) is 0 Å². The minimum absolute atomic E-state index is 0.0268. The van der Waals surface area contributed by atoms with E-state index in [9.17, 15) is 10.1 Å². The summed E-state index contributed by atoms with van der Waals surface area (Å²) in [6.07, 6.45) is 0. The number of ether oxygens (including phenoxy) is 2. The molecule has 0 saturated heterocycles. The van der Waals surface area contributed by atoms with Gasteiger partial charge in [-0.05, 0) is 48.4 Å². The lowest BCUT2D eigenvalue weighted by molar-refractivity contribution is -0.384. The van der Waals surface area contributed by atoms with Crippen molar-refractivity contribution in [3.05, 3.63) is 92.0 Å². The van der Waals surface area contributed by atoms with Gasteiger partial charge in [-0.1, -0.05) is 41.4 Å². The lowest BCUT2D eigenvalue weighted by atomic mass is 10.2. The number of nitrogens with one attached hydrogen (secondary N) is 1. The highest BCUT2D eigenvalue weighted by Crippen LogP contribution is 2.37. The highest BCUT2D eigenvalue weighted by Gasteiger charge is 2.14. The summed E-state index contributed by atoms with van der Waals surface area (Å²) in [5, 5.41) is 15.2. The number of nitrogens with zero attached hydrogens (tertiary/aromatic N) is 1. The molecule has 3 aromatic carbocycles. The fourth-order valence-electron chi connectivity index (χ4n) is 2.80. The molecule has 0 aromatic heterocycles. The third-order valence-electron chi connectivity index (χ3n) is 4.22. The fraction of sp³-hybridized carbons (Fsp3) is 0.182. The molecule has 0 atom stereocenters. The van der Waals surface area contributed by atoms with Gasteiger partial charge in [0, 0.05) is 29.4 Å². The third-order valence-corrected chi connectivity index (χ3v) is 4.75. The van der Waals surface area contributed by atoms with Gasteiger partial charge in [-0.25, -0.2) is 0 Å². The molecule has 0 spiro atoms. The number of rotatable bonds is 9. The zero-order chi connectivity index (χ0) is 21.5. The zero-order valence-corrected chi connectivity index (χ0v) is 17.7. The van der Waals surface area contributed by atoms with E-state index in [4.69, 9.17) is 32.7 Å². The summed E-state index contributed by atoms with van der Waals surface area (Å²) in [5.41, 5.74) is 2.48. The topological polar surface area (TPSA) is 73.6 Å². The molecule has 0 aliphatic carbocycles. The number of nitro groups is 1. The molecule has 0 unspecified atom stereocenters. The quantitative estimate of drug-likeness (QED) is 0.300. The fourth-order valence-corrected chi connectivity index (χ4v) is 3.21. The molecule has 0 aliphatic rings. The summed E-state index contributed by atoms with van der Waals surface area (Å²) in [5.74, 6) is 1.00. The molecule has 1 N–H and O–H groups in total. The van der Waals surface area contributed by atoms with E-state index in [0.29, 0.717) is 47.0 Å². The largest absolute Gasteiger partial charge is 0.490 e. The average molecular weight is 447 g/mol. The van der Waals surface area contributed by atoms with Crippen LogP contribution in [0.2, 0.25) is 10.0 Å². The number of halogens is 2. The second-order valence-electron chi connectivity index (χ2n) is 6.41. The minimum Gasteiger partial charge on any atom is -0.490 e. The number of non-ortho nitro benzene ring substituents is 1. The van der Waals surface area contributed by atoms with E-state index in [-0.39, 0.29) is 5.69 Å². The maximum Gasteiger partial charge on any atom is 0.271 e. The molecule has 0 aliphatic heterocycles. The molecule has 0 amide bonds. The monoisotopic (exact) mass is 446 g/mol. The number of anilines is 1. The second-order valence-corrected chi connectivity index (χ2v) is 7.26. The number of nitro benzene ring substituents is 1. The highest BCUT2D eigenvalue weighted by molar-refractivity contribution is 6.32. The van der Waals surface area contributed by atoms with Crippen LogP contribution in [-0.2, 0) is 13.2 Å². The van der Waals surface area contributed by atoms with Gasteiger partial charge in [-0.15, -0.1) is 0 Å². The Kier molecular flexibility index (Phi) is 7.38. The van der Waals surface area contributed by atoms with Gasteiger partial charge >= 0.3 is 0 Å². The van der Waals surface area contributed by atoms with E-state index in [0.717, 1.165) is 11.1 Å². The summed E-state index contributed by atoms with van der Waals surface area (Å²) in [6, 6.07) is 17.3. The van der Waals surface area contributed by atoms with Crippen molar-refractivity contribution < 1.29 is 14.4 Å². The first-order valence-corrected chi connectivity index (χ1v) is 10.0. The van der Waals surface area contributed by atoms with Crippen LogP contribution in [0.5, 0.6) is 11.5 Å². The number of benzene rings is 3. The predicted octanol–water partition coefficient (Wildman–Crippen LogP) is 6.49. The van der Waals surface area contributed by atoms with Crippen LogP contribution in [0.4, 0.5) is 11.4 Å². The smallest absolute Gasteiger partial charge is 0.271 e. The third kappa shape index (κ3) is 5.78. The molecule has 0 bridgehead atoms. The standard InChI is InChI=1S/C22H20Cl2N2O4/c1-2-29-21-11-16(13-25-18-4-3-5-19(12-18)26(27)28)10-20(24)22(21)30-14-15-6-8-17(23)9-7-15/h3-12,25H,2,13-14H2,1H3. The Morgan fingerprint density at radius 3 is 2.47 bits per heavy atom. The van der Waals surface area contributed by atoms with Crippen LogP contribution in [0.25, 0.3) is 0 Å². The molecule has 30 heavy (non-hydrogen) atoms. The average Bonchev–Trinajstić information content (AvgIpc) is 2.73. The van der Waals surface area contributed by atoms with Gasteiger partial charge in [0.2, 0.25) is 0 Å². The maximum atomic E-state index is 10.9. The van der Waals surface area contributed by atoms with Crippen molar-refractivity contribution in [3.8, 4) is 11.5 Å². The van der Waals surface area contributed by atoms with Gasteiger partial charge in [-0.3, -0.25) is 10.1 Å². The van der Waals surface area contributed by atoms with E-state index in [1.165, 1.54) is 12.1 Å². The molecule has 0 saturated carbocycles. The van der Waals surface area contributed by atoms with E-state index >= 15 is 0 Å². The molecule has 3 aromatic rings. The maximum absolute atomic E-state index is 10.9. The minimum atomic E-state index is -0.429. The Bertz CT molecular complexity index is 1030. The lowest BCUT2D eigenvalue weighted by Crippen LogP contribution is -2.04. The molecule has 156 valence electrons. The van der Waals surface area contributed by atoms with Gasteiger partial charge < -0.3 is 14.8 Å². The summed E-state index contributed by atoms with van der Waals surface area (Å²) in [6.45, 7) is 3.07. The van der Waals surface area contributed by atoms with Crippen LogP contribution in [0, 0.1) is 10.1 Å². The predicted molar refractivity (Wildman–Crippen MR) is 119 cm³/mol. The van der Waals surface area contributed by atoms with Crippen molar-refractivity contribution in [1.29, 1.82) is 0 Å². The number of hydrogen-bond donors (Lipinski definition) is 1. The van der Waals surface area contributed by atoms with Crippen LogP contribution in [0.3, 0.4) is 0 Å². The Morgan fingerprint density at radius 1 is 1.00 bits per heavy atom. The molecule has 6 nitrogen and oxygen atoms in total. The van der Waals surface area contributed by atoms with Gasteiger partial charge in [-0.2, -0.15) is 0 Å². The summed E-state index contributed by atoms with van der Waals surface area (Å²) < 4.78 is 11.6. The first-order chi connectivity index (χ1) is 14.5. The van der Waals surface area contributed by atoms with E-state index in [2.05, 4.69) is 5.32 Å². The SMILES string of the molecule is CCOc1cc(CNc2cccc([N+](=O)[O-])c2)cc(Cl)c1OCc1ccc(Cl)cc1. The molecule has 0 fully saturated rings.